The first-order valence-corrected chi connectivity index (χ1v) is 6.84. The molecule has 2 aromatic rings. The van der Waals surface area contributed by atoms with Gasteiger partial charge in [0, 0.05) is 11.1 Å². The van der Waals surface area contributed by atoms with Crippen molar-refractivity contribution in [2.24, 2.45) is 0 Å². The van der Waals surface area contributed by atoms with Crippen LogP contribution in [0.4, 0.5) is 0 Å². The lowest BCUT2D eigenvalue weighted by molar-refractivity contribution is 0.433. The second kappa shape index (κ2) is 3.93. The number of nitrogens with zero attached hydrogens (tertiary/aromatic N) is 1. The Balaban J connectivity index is 2.17. The van der Waals surface area contributed by atoms with Crippen LogP contribution in [0.3, 0.4) is 0 Å². The van der Waals surface area contributed by atoms with E-state index < -0.39 is 0 Å². The zero-order valence-electron chi connectivity index (χ0n) is 10.2. The summed E-state index contributed by atoms with van der Waals surface area (Å²) in [6, 6.07) is 8.71. The van der Waals surface area contributed by atoms with Gasteiger partial charge in [0.25, 0.3) is 0 Å². The highest BCUT2D eigenvalue weighted by molar-refractivity contribution is 7.09. The summed E-state index contributed by atoms with van der Waals surface area (Å²) in [5, 5.41) is 6.84. The fourth-order valence-electron chi connectivity index (χ4n) is 2.75. The molecule has 3 heteroatoms. The van der Waals surface area contributed by atoms with Gasteiger partial charge in [0.1, 0.15) is 5.01 Å². The van der Waals surface area contributed by atoms with Crippen LogP contribution in [-0.4, -0.2) is 12.0 Å². The van der Waals surface area contributed by atoms with E-state index in [4.69, 9.17) is 4.98 Å². The third-order valence-corrected chi connectivity index (χ3v) is 4.78. The van der Waals surface area contributed by atoms with Crippen molar-refractivity contribution >= 4 is 11.3 Å². The molecule has 1 aliphatic carbocycles. The summed E-state index contributed by atoms with van der Waals surface area (Å²) in [5.74, 6) is 0. The lowest BCUT2D eigenvalue weighted by Crippen LogP contribution is -2.38. The molecule has 88 valence electrons. The highest BCUT2D eigenvalue weighted by atomic mass is 32.1. The Morgan fingerprint density at radius 2 is 2.18 bits per heavy atom. The molecule has 0 saturated carbocycles. The average molecular weight is 244 g/mol. The highest BCUT2D eigenvalue weighted by Gasteiger charge is 2.40. The molecule has 1 heterocycles. The number of nitrogens with one attached hydrogen (secondary N) is 1. The Morgan fingerprint density at radius 3 is 2.88 bits per heavy atom. The largest absolute Gasteiger partial charge is 0.305 e. The topological polar surface area (TPSA) is 24.9 Å². The van der Waals surface area contributed by atoms with E-state index in [1.165, 1.54) is 16.1 Å². The lowest BCUT2D eigenvalue weighted by atomic mass is 9.92. The van der Waals surface area contributed by atoms with Gasteiger partial charge in [0.2, 0.25) is 0 Å². The number of aryl methyl sites for hydroxylation is 2. The molecule has 1 N–H and O–H groups in total. The quantitative estimate of drug-likeness (QED) is 0.878. The minimum Gasteiger partial charge on any atom is -0.305 e. The van der Waals surface area contributed by atoms with Crippen LogP contribution in [0.25, 0.3) is 0 Å². The van der Waals surface area contributed by atoms with E-state index in [1.807, 2.05) is 7.05 Å². The smallest absolute Gasteiger partial charge is 0.118 e. The molecule has 1 atom stereocenters. The van der Waals surface area contributed by atoms with E-state index in [2.05, 4.69) is 41.9 Å². The Kier molecular flexibility index (Phi) is 2.53. The van der Waals surface area contributed by atoms with Crippen LogP contribution in [0, 0.1) is 6.92 Å². The molecule has 0 spiro atoms. The van der Waals surface area contributed by atoms with Crippen molar-refractivity contribution in [2.45, 2.75) is 25.3 Å². The highest BCUT2D eigenvalue weighted by Crippen LogP contribution is 2.42. The summed E-state index contributed by atoms with van der Waals surface area (Å²) >= 11 is 1.76. The van der Waals surface area contributed by atoms with Crippen LogP contribution < -0.4 is 5.32 Å². The fourth-order valence-corrected chi connectivity index (χ4v) is 3.80. The Labute approximate surface area is 106 Å². The Morgan fingerprint density at radius 1 is 1.35 bits per heavy atom. The van der Waals surface area contributed by atoms with Gasteiger partial charge < -0.3 is 5.32 Å². The Hall–Kier alpha value is -1.19. The summed E-state index contributed by atoms with van der Waals surface area (Å²) < 4.78 is 0. The van der Waals surface area contributed by atoms with E-state index in [9.17, 15) is 0 Å². The predicted molar refractivity (Wildman–Crippen MR) is 71.5 cm³/mol. The molecule has 1 unspecified atom stereocenters. The van der Waals surface area contributed by atoms with Gasteiger partial charge in [-0.05, 0) is 37.9 Å². The molecule has 0 radical (unpaired) electrons. The minimum atomic E-state index is -0.0600. The van der Waals surface area contributed by atoms with Crippen LogP contribution in [-0.2, 0) is 12.0 Å². The van der Waals surface area contributed by atoms with Gasteiger partial charge in [-0.1, -0.05) is 24.3 Å². The van der Waals surface area contributed by atoms with E-state index in [-0.39, 0.29) is 5.54 Å². The molecule has 1 aliphatic rings. The number of benzene rings is 1. The normalized spacial score (nSPS) is 22.7. The van der Waals surface area contributed by atoms with Crippen molar-refractivity contribution in [3.8, 4) is 0 Å². The molecule has 2 nitrogen and oxygen atoms in total. The number of thiazole rings is 1. The number of aromatic nitrogens is 1. The number of hydrogen-bond donors (Lipinski definition) is 1. The van der Waals surface area contributed by atoms with E-state index >= 15 is 0 Å². The molecule has 1 aromatic carbocycles. The van der Waals surface area contributed by atoms with Gasteiger partial charge in [0.15, 0.2) is 0 Å². The second-order valence-corrected chi connectivity index (χ2v) is 5.46. The third-order valence-electron chi connectivity index (χ3n) is 3.66. The summed E-state index contributed by atoms with van der Waals surface area (Å²) in [6.07, 6.45) is 2.24. The standard InChI is InChI=1S/C14H16N2S/c1-10-9-17-13(16-10)14(15-2)8-7-11-5-3-4-6-12(11)14/h3-6,9,15H,7-8H2,1-2H3. The van der Waals surface area contributed by atoms with Crippen molar-refractivity contribution in [2.75, 3.05) is 7.05 Å². The first kappa shape index (κ1) is 10.9. The first-order valence-electron chi connectivity index (χ1n) is 5.96. The molecule has 0 aliphatic heterocycles. The number of fused-ring (bicyclic) bond motifs is 1. The van der Waals surface area contributed by atoms with Crippen LogP contribution >= 0.6 is 11.3 Å². The monoisotopic (exact) mass is 244 g/mol. The molecular weight excluding hydrogens is 228 g/mol. The van der Waals surface area contributed by atoms with Crippen molar-refractivity contribution in [3.05, 3.63) is 51.5 Å². The van der Waals surface area contributed by atoms with Gasteiger partial charge in [-0.2, -0.15) is 0 Å². The molecule has 0 fully saturated rings. The van der Waals surface area contributed by atoms with E-state index in [1.54, 1.807) is 11.3 Å². The summed E-state index contributed by atoms with van der Waals surface area (Å²) in [7, 11) is 2.04. The number of hydrogen-bond acceptors (Lipinski definition) is 3. The summed E-state index contributed by atoms with van der Waals surface area (Å²) in [5.41, 5.74) is 3.91. The first-order chi connectivity index (χ1) is 8.26. The molecule has 0 amide bonds. The van der Waals surface area contributed by atoms with Crippen molar-refractivity contribution in [1.29, 1.82) is 0 Å². The van der Waals surface area contributed by atoms with Crippen molar-refractivity contribution in [3.63, 3.8) is 0 Å². The van der Waals surface area contributed by atoms with E-state index in [0.29, 0.717) is 0 Å². The second-order valence-electron chi connectivity index (χ2n) is 4.61. The SMILES string of the molecule is CNC1(c2nc(C)cs2)CCc2ccccc21. The number of rotatable bonds is 2. The van der Waals surface area contributed by atoms with Crippen molar-refractivity contribution in [1.82, 2.24) is 10.3 Å². The van der Waals surface area contributed by atoms with Crippen molar-refractivity contribution < 1.29 is 0 Å². The average Bonchev–Trinajstić information content (AvgIpc) is 2.94. The Bertz CT molecular complexity index is 547. The summed E-state index contributed by atoms with van der Waals surface area (Å²) in [6.45, 7) is 2.06. The summed E-state index contributed by atoms with van der Waals surface area (Å²) in [4.78, 5) is 4.69. The van der Waals surface area contributed by atoms with Gasteiger partial charge in [0.05, 0.1) is 5.54 Å². The van der Waals surface area contributed by atoms with Gasteiger partial charge in [-0.15, -0.1) is 11.3 Å². The molecular formula is C14H16N2S. The van der Waals surface area contributed by atoms with Crippen LogP contribution in [0.1, 0.15) is 28.2 Å². The van der Waals surface area contributed by atoms with Gasteiger partial charge in [-0.3, -0.25) is 0 Å². The maximum atomic E-state index is 4.69. The van der Waals surface area contributed by atoms with Crippen LogP contribution in [0.5, 0.6) is 0 Å². The predicted octanol–water partition coefficient (Wildman–Crippen LogP) is 2.86. The van der Waals surface area contributed by atoms with Crippen LogP contribution in [0.2, 0.25) is 0 Å². The molecule has 3 rings (SSSR count). The zero-order valence-corrected chi connectivity index (χ0v) is 11.0. The maximum Gasteiger partial charge on any atom is 0.118 e. The van der Waals surface area contributed by atoms with E-state index in [0.717, 1.165) is 18.5 Å². The molecule has 17 heavy (non-hydrogen) atoms. The third kappa shape index (κ3) is 1.53. The molecule has 0 bridgehead atoms. The molecule has 1 aromatic heterocycles. The fraction of sp³-hybridized carbons (Fsp3) is 0.357. The molecule has 0 saturated heterocycles. The van der Waals surface area contributed by atoms with Crippen LogP contribution in [0.15, 0.2) is 29.6 Å². The lowest BCUT2D eigenvalue weighted by Gasteiger charge is -2.27. The minimum absolute atomic E-state index is 0.0600. The maximum absolute atomic E-state index is 4.69. The van der Waals surface area contributed by atoms with Gasteiger partial charge in [-0.25, -0.2) is 4.98 Å². The van der Waals surface area contributed by atoms with Gasteiger partial charge >= 0.3 is 0 Å². The zero-order chi connectivity index (χ0) is 11.9.